The molecule has 326 valence electrons. The first-order chi connectivity index (χ1) is 28.1. The van der Waals surface area contributed by atoms with Crippen molar-refractivity contribution in [2.75, 3.05) is 57.1 Å². The van der Waals surface area contributed by atoms with Gasteiger partial charge in [-0.15, -0.1) is 0 Å². The lowest BCUT2D eigenvalue weighted by molar-refractivity contribution is -0.605. The Morgan fingerprint density at radius 1 is 0.983 bits per heavy atom. The number of carbonyl (C=O) groups is 4. The summed E-state index contributed by atoms with van der Waals surface area (Å²) < 4.78 is 80.8. The Bertz CT molecular complexity index is 2200. The largest absolute Gasteiger partial charge is 0.619 e. The molecule has 3 amide bonds. The van der Waals surface area contributed by atoms with E-state index >= 15 is 0 Å². The van der Waals surface area contributed by atoms with Crippen LogP contribution in [0.4, 0.5) is 19.3 Å². The van der Waals surface area contributed by atoms with Gasteiger partial charge in [0.05, 0.1) is 42.8 Å². The summed E-state index contributed by atoms with van der Waals surface area (Å²) in [5, 5.41) is 11.8. The van der Waals surface area contributed by atoms with E-state index in [0.717, 1.165) is 35.8 Å². The van der Waals surface area contributed by atoms with Crippen LogP contribution in [0.3, 0.4) is 0 Å². The molecule has 2 heterocycles. The van der Waals surface area contributed by atoms with Crippen LogP contribution in [0.15, 0.2) is 48.8 Å². The zero-order valence-electron chi connectivity index (χ0n) is 33.3. The number of hydrogen-bond acceptors (Lipinski definition) is 12. The van der Waals surface area contributed by atoms with Crippen LogP contribution in [0.1, 0.15) is 71.6 Å². The van der Waals surface area contributed by atoms with Crippen molar-refractivity contribution in [3.8, 4) is 11.5 Å². The van der Waals surface area contributed by atoms with E-state index in [4.69, 9.17) is 42.1 Å². The van der Waals surface area contributed by atoms with Gasteiger partial charge in [-0.05, 0) is 75.4 Å². The summed E-state index contributed by atoms with van der Waals surface area (Å²) in [5.74, 6) is -2.97. The van der Waals surface area contributed by atoms with Gasteiger partial charge in [-0.3, -0.25) is 23.6 Å². The van der Waals surface area contributed by atoms with Crippen LogP contribution in [0.5, 0.6) is 11.5 Å². The third-order valence-corrected chi connectivity index (χ3v) is 11.0. The number of hydrogen-bond donors (Lipinski definition) is 0. The first-order valence-corrected chi connectivity index (χ1v) is 21.2. The van der Waals surface area contributed by atoms with Gasteiger partial charge >= 0.3 is 18.7 Å². The minimum atomic E-state index is -4.02. The number of esters is 1. The Balaban J connectivity index is 1.38. The van der Waals surface area contributed by atoms with E-state index in [1.165, 1.54) is 48.4 Å². The number of benzene rings is 2. The van der Waals surface area contributed by atoms with Crippen molar-refractivity contribution in [1.29, 1.82) is 0 Å². The quantitative estimate of drug-likeness (QED) is 0.0612. The predicted octanol–water partition coefficient (Wildman–Crippen LogP) is 5.79. The monoisotopic (exact) mass is 900 g/mol. The van der Waals surface area contributed by atoms with Crippen LogP contribution < -0.4 is 18.5 Å². The number of aromatic nitrogens is 1. The first kappa shape index (κ1) is 46.1. The Morgan fingerprint density at radius 2 is 1.65 bits per heavy atom. The Kier molecular flexibility index (Phi) is 14.7. The molecule has 0 radical (unpaired) electrons. The highest BCUT2D eigenvalue weighted by molar-refractivity contribution is 7.92. The van der Waals surface area contributed by atoms with Gasteiger partial charge in [0.25, 0.3) is 11.8 Å². The van der Waals surface area contributed by atoms with Crippen LogP contribution in [0.25, 0.3) is 0 Å². The van der Waals surface area contributed by atoms with Crippen molar-refractivity contribution >= 4 is 62.8 Å². The van der Waals surface area contributed by atoms with Gasteiger partial charge in [-0.2, -0.15) is 13.5 Å². The summed E-state index contributed by atoms with van der Waals surface area (Å²) in [6.07, 6.45) is 2.57. The molecule has 0 spiro atoms. The number of alkyl halides is 2. The van der Waals surface area contributed by atoms with E-state index in [1.54, 1.807) is 20.8 Å². The minimum Gasteiger partial charge on any atom is -0.619 e. The third-order valence-electron chi connectivity index (χ3n) is 9.17. The van der Waals surface area contributed by atoms with Crippen molar-refractivity contribution in [2.24, 2.45) is 5.92 Å². The topological polar surface area (TPSA) is 185 Å². The fraction of sp³-hybridized carbons (Fsp3) is 0.462. The fourth-order valence-corrected chi connectivity index (χ4v) is 7.59. The van der Waals surface area contributed by atoms with E-state index < -0.39 is 58.8 Å². The Hall–Kier alpha value is -4.98. The standard InChI is InChI=1S/C39H44Cl2F2N4O12S/c1-39(2,3)59-38(51)44(14-15-55-4)12-13-47(60(5,53)54)25-9-10-26-27(17-25)36(50)46(35(26)49)21-34(48)57-32(18-28-29(40)19-45(52)20-30(28)41)24-8-11-31(58-37(42)43)33(16-24)56-22-23-6-7-23/h8-11,16-17,19-20,23,32,37H,6-7,12-15,18,21-22H2,1-5H3. The maximum atomic E-state index is 13.7. The predicted molar refractivity (Wildman–Crippen MR) is 213 cm³/mol. The van der Waals surface area contributed by atoms with Gasteiger partial charge in [0, 0.05) is 32.2 Å². The van der Waals surface area contributed by atoms with Gasteiger partial charge in [0.2, 0.25) is 10.0 Å². The summed E-state index contributed by atoms with van der Waals surface area (Å²) in [6.45, 7) is 1.06. The van der Waals surface area contributed by atoms with Crippen molar-refractivity contribution in [3.63, 3.8) is 0 Å². The molecule has 1 aliphatic heterocycles. The molecule has 0 saturated heterocycles. The molecule has 1 saturated carbocycles. The molecular formula is C39H44Cl2F2N4O12S. The molecule has 3 aromatic rings. The highest BCUT2D eigenvalue weighted by Gasteiger charge is 2.39. The van der Waals surface area contributed by atoms with E-state index in [0.29, 0.717) is 9.63 Å². The molecule has 0 bridgehead atoms. The zero-order chi connectivity index (χ0) is 44.1. The average Bonchev–Trinajstić information content (AvgIpc) is 3.95. The number of anilines is 1. The van der Waals surface area contributed by atoms with Gasteiger partial charge in [-0.25, -0.2) is 13.2 Å². The summed E-state index contributed by atoms with van der Waals surface area (Å²) in [6, 6.07) is 7.67. The lowest BCUT2D eigenvalue weighted by atomic mass is 10.0. The number of ether oxygens (including phenoxy) is 5. The van der Waals surface area contributed by atoms with Crippen LogP contribution in [0, 0.1) is 11.1 Å². The van der Waals surface area contributed by atoms with Crippen molar-refractivity contribution < 1.29 is 64.8 Å². The molecular weight excluding hydrogens is 857 g/mol. The molecule has 1 fully saturated rings. The van der Waals surface area contributed by atoms with Crippen LogP contribution in [0.2, 0.25) is 10.0 Å². The molecule has 21 heteroatoms. The third kappa shape index (κ3) is 12.1. The van der Waals surface area contributed by atoms with E-state index in [-0.39, 0.29) is 94.7 Å². The molecule has 1 atom stereocenters. The number of carbonyl (C=O) groups excluding carboxylic acids is 4. The molecule has 0 N–H and O–H groups in total. The zero-order valence-corrected chi connectivity index (χ0v) is 35.7. The summed E-state index contributed by atoms with van der Waals surface area (Å²) >= 11 is 12.7. The van der Waals surface area contributed by atoms with Gasteiger partial charge in [-0.1, -0.05) is 29.3 Å². The number of nitrogens with zero attached hydrogens (tertiary/aromatic N) is 4. The lowest BCUT2D eigenvalue weighted by Crippen LogP contribution is -2.44. The van der Waals surface area contributed by atoms with E-state index in [2.05, 4.69) is 4.74 Å². The normalized spacial score (nSPS) is 14.5. The second kappa shape index (κ2) is 19.2. The molecule has 60 heavy (non-hydrogen) atoms. The maximum Gasteiger partial charge on any atom is 0.410 e. The van der Waals surface area contributed by atoms with Crippen molar-refractivity contribution in [2.45, 2.75) is 58.4 Å². The number of sulfonamides is 1. The van der Waals surface area contributed by atoms with Gasteiger partial charge in [0.1, 0.15) is 28.3 Å². The molecule has 2 aromatic carbocycles. The minimum absolute atomic E-state index is 0.00719. The highest BCUT2D eigenvalue weighted by Crippen LogP contribution is 2.38. The molecule has 5 rings (SSSR count). The number of fused-ring (bicyclic) bond motifs is 1. The van der Waals surface area contributed by atoms with Gasteiger partial charge in [0.15, 0.2) is 23.9 Å². The van der Waals surface area contributed by atoms with E-state index in [1.807, 2.05) is 0 Å². The number of amides is 3. The summed E-state index contributed by atoms with van der Waals surface area (Å²) in [4.78, 5) is 55.7. The number of imide groups is 1. The van der Waals surface area contributed by atoms with E-state index in [9.17, 15) is 41.6 Å². The number of pyridine rings is 1. The molecule has 1 aliphatic carbocycles. The highest BCUT2D eigenvalue weighted by atomic mass is 35.5. The number of methoxy groups -OCH3 is 1. The van der Waals surface area contributed by atoms with Crippen molar-refractivity contribution in [3.05, 3.63) is 86.3 Å². The van der Waals surface area contributed by atoms with Crippen LogP contribution >= 0.6 is 23.2 Å². The molecule has 1 aromatic heterocycles. The second-order valence-electron chi connectivity index (χ2n) is 15.0. The second-order valence-corrected chi connectivity index (χ2v) is 17.8. The van der Waals surface area contributed by atoms with Gasteiger partial charge < -0.3 is 33.8 Å². The fourth-order valence-electron chi connectivity index (χ4n) is 6.08. The molecule has 1 unspecified atom stereocenters. The first-order valence-electron chi connectivity index (χ1n) is 18.6. The van der Waals surface area contributed by atoms with Crippen LogP contribution in [-0.2, 0) is 35.4 Å². The van der Waals surface area contributed by atoms with Crippen molar-refractivity contribution in [1.82, 2.24) is 9.80 Å². The van der Waals surface area contributed by atoms with Crippen LogP contribution in [-0.4, -0.2) is 107 Å². The maximum absolute atomic E-state index is 13.7. The summed E-state index contributed by atoms with van der Waals surface area (Å²) in [7, 11) is -2.58. The SMILES string of the molecule is COCCN(CCN(c1ccc2c(c1)C(=O)N(CC(=O)OC(Cc1c(Cl)c[n+]([O-])cc1Cl)c1ccc(OC(F)F)c(OCC3CC3)c1)C2=O)S(C)(=O)=O)C(=O)OC(C)(C)C. The Morgan fingerprint density at radius 3 is 2.25 bits per heavy atom. The molecule has 2 aliphatic rings. The lowest BCUT2D eigenvalue weighted by Gasteiger charge is -2.30. The number of halogens is 4. The number of rotatable bonds is 19. The average molecular weight is 902 g/mol. The Labute approximate surface area is 355 Å². The summed E-state index contributed by atoms with van der Waals surface area (Å²) in [5.41, 5.74) is -0.732. The smallest absolute Gasteiger partial charge is 0.410 e. The molecule has 16 nitrogen and oxygen atoms in total.